The van der Waals surface area contributed by atoms with E-state index in [0.29, 0.717) is 0 Å². The second-order valence-electron chi connectivity index (χ2n) is 10.7. The Balaban J connectivity index is 2.30. The van der Waals surface area contributed by atoms with E-state index in [1.165, 1.54) is 4.57 Å². The van der Waals surface area contributed by atoms with Crippen LogP contribution in [-0.4, -0.2) is 54.0 Å². The quantitative estimate of drug-likeness (QED) is 0.450. The molecule has 0 radical (unpaired) electrons. The number of carboxylic acid groups (broad SMARTS) is 1. The zero-order valence-corrected chi connectivity index (χ0v) is 20.6. The predicted molar refractivity (Wildman–Crippen MR) is 128 cm³/mol. The molecule has 4 N–H and O–H groups in total. The highest BCUT2D eigenvalue weighted by atomic mass is 16.6. The van der Waals surface area contributed by atoms with Crippen LogP contribution < -0.4 is 16.2 Å². The molecular formula is C23H31N5O7. The van der Waals surface area contributed by atoms with Crippen molar-refractivity contribution in [3.8, 4) is 5.88 Å². The number of amides is 2. The summed E-state index contributed by atoms with van der Waals surface area (Å²) in [5.74, 6) is -2.76. The van der Waals surface area contributed by atoms with E-state index >= 15 is 0 Å². The molecule has 2 heterocycles. The number of aromatic hydroxyl groups is 1. The van der Waals surface area contributed by atoms with Gasteiger partial charge in [-0.3, -0.25) is 19.5 Å². The molecule has 0 saturated heterocycles. The average molecular weight is 490 g/mol. The van der Waals surface area contributed by atoms with Gasteiger partial charge in [0.15, 0.2) is 17.0 Å². The highest BCUT2D eigenvalue weighted by Crippen LogP contribution is 2.30. The number of hydrogen-bond donors (Lipinski definition) is 4. The van der Waals surface area contributed by atoms with Crippen LogP contribution in [0.3, 0.4) is 0 Å². The summed E-state index contributed by atoms with van der Waals surface area (Å²) in [6, 6.07) is -0.0656. The molecular weight excluding hydrogens is 458 g/mol. The average Bonchev–Trinajstić information content (AvgIpc) is 3.41. The third-order valence-corrected chi connectivity index (χ3v) is 4.82. The molecule has 12 heteroatoms. The first kappa shape index (κ1) is 25.8. The van der Waals surface area contributed by atoms with E-state index in [-0.39, 0.29) is 29.6 Å². The Morgan fingerprint density at radius 3 is 2.31 bits per heavy atom. The molecule has 1 saturated carbocycles. The first-order chi connectivity index (χ1) is 16.1. The van der Waals surface area contributed by atoms with Crippen LogP contribution in [0.5, 0.6) is 5.88 Å². The van der Waals surface area contributed by atoms with Gasteiger partial charge in [0.1, 0.15) is 5.60 Å². The maximum Gasteiger partial charge on any atom is 0.413 e. The lowest BCUT2D eigenvalue weighted by atomic mass is 9.96. The highest BCUT2D eigenvalue weighted by molar-refractivity contribution is 5.98. The first-order valence-electron chi connectivity index (χ1n) is 11.2. The fourth-order valence-electron chi connectivity index (χ4n) is 3.37. The summed E-state index contributed by atoms with van der Waals surface area (Å²) in [7, 11) is 0. The number of carboxylic acids is 1. The second kappa shape index (κ2) is 9.08. The minimum Gasteiger partial charge on any atom is -0.494 e. The summed E-state index contributed by atoms with van der Waals surface area (Å²) >= 11 is 0. The minimum atomic E-state index is -1.28. The number of carbonyl (C=O) groups excluding carboxylic acids is 2. The van der Waals surface area contributed by atoms with Gasteiger partial charge in [-0.15, -0.1) is 5.10 Å². The molecule has 0 aliphatic heterocycles. The monoisotopic (exact) mass is 489 g/mol. The molecule has 190 valence electrons. The SMILES string of the molecule is CC(C)(C)Cn1c(O)c(C(=O)NC2CC2)c(=O)n2nc(NC(=O)OC(C)(C)C)c(/C=C/C(=O)O)c12. The van der Waals surface area contributed by atoms with Crippen molar-refractivity contribution in [2.75, 3.05) is 5.32 Å². The topological polar surface area (TPSA) is 164 Å². The molecule has 12 nitrogen and oxygen atoms in total. The Kier molecular flexibility index (Phi) is 6.69. The lowest BCUT2D eigenvalue weighted by Crippen LogP contribution is -2.35. The number of aliphatic carboxylic acids is 1. The van der Waals surface area contributed by atoms with Gasteiger partial charge in [-0.25, -0.2) is 9.59 Å². The number of nitrogens with one attached hydrogen (secondary N) is 2. The maximum absolute atomic E-state index is 13.3. The summed E-state index contributed by atoms with van der Waals surface area (Å²) in [6.07, 6.45) is 2.64. The van der Waals surface area contributed by atoms with Gasteiger partial charge in [-0.1, -0.05) is 20.8 Å². The lowest BCUT2D eigenvalue weighted by Gasteiger charge is -2.23. The Morgan fingerprint density at radius 1 is 1.17 bits per heavy atom. The molecule has 1 aliphatic rings. The Labute approximate surface area is 201 Å². The van der Waals surface area contributed by atoms with Crippen LogP contribution in [0, 0.1) is 5.41 Å². The number of rotatable bonds is 6. The van der Waals surface area contributed by atoms with Crippen molar-refractivity contribution in [1.82, 2.24) is 19.5 Å². The first-order valence-corrected chi connectivity index (χ1v) is 11.2. The minimum absolute atomic E-state index is 0.00829. The summed E-state index contributed by atoms with van der Waals surface area (Å²) in [6.45, 7) is 10.8. The molecule has 0 atom stereocenters. The van der Waals surface area contributed by atoms with Crippen molar-refractivity contribution in [2.45, 2.75) is 72.6 Å². The van der Waals surface area contributed by atoms with Crippen LogP contribution in [0.4, 0.5) is 10.6 Å². The fourth-order valence-corrected chi connectivity index (χ4v) is 3.37. The van der Waals surface area contributed by atoms with Gasteiger partial charge < -0.3 is 20.3 Å². The van der Waals surface area contributed by atoms with Gasteiger partial charge >= 0.3 is 12.1 Å². The van der Waals surface area contributed by atoms with Gasteiger partial charge in [0.25, 0.3) is 11.5 Å². The molecule has 35 heavy (non-hydrogen) atoms. The van der Waals surface area contributed by atoms with Crippen molar-refractivity contribution in [1.29, 1.82) is 0 Å². The van der Waals surface area contributed by atoms with Crippen LogP contribution in [0.2, 0.25) is 0 Å². The highest BCUT2D eigenvalue weighted by Gasteiger charge is 2.32. The van der Waals surface area contributed by atoms with E-state index in [1.807, 2.05) is 20.8 Å². The van der Waals surface area contributed by atoms with Gasteiger partial charge in [-0.2, -0.15) is 4.52 Å². The molecule has 0 unspecified atom stereocenters. The number of carbonyl (C=O) groups is 3. The Hall–Kier alpha value is -3.83. The standard InChI is InChI=1S/C23H31N5O7/c1-22(2,3)11-27-18-13(9-10-14(29)30)16(25-21(34)35-23(4,5)6)26-28(18)20(33)15(19(27)32)17(31)24-12-7-8-12/h9-10,12,32H,7-8,11H2,1-6H3,(H,24,31)(H,29,30)(H,25,26,34)/b10-9+. The number of aromatic nitrogens is 3. The van der Waals surface area contributed by atoms with E-state index in [4.69, 9.17) is 4.74 Å². The van der Waals surface area contributed by atoms with Crippen molar-refractivity contribution in [3.63, 3.8) is 0 Å². The van der Waals surface area contributed by atoms with E-state index in [2.05, 4.69) is 15.7 Å². The zero-order valence-electron chi connectivity index (χ0n) is 20.6. The second-order valence-corrected chi connectivity index (χ2v) is 10.7. The molecule has 2 amide bonds. The number of nitrogens with zero attached hydrogens (tertiary/aromatic N) is 3. The number of hydrogen-bond acceptors (Lipinski definition) is 7. The summed E-state index contributed by atoms with van der Waals surface area (Å²) in [5.41, 5.74) is -2.62. The van der Waals surface area contributed by atoms with Gasteiger partial charge in [-0.05, 0) is 45.1 Å². The van der Waals surface area contributed by atoms with Crippen LogP contribution in [0.25, 0.3) is 11.7 Å². The molecule has 2 aromatic rings. The van der Waals surface area contributed by atoms with Crippen molar-refractivity contribution in [2.24, 2.45) is 5.41 Å². The summed E-state index contributed by atoms with van der Waals surface area (Å²) < 4.78 is 7.45. The number of ether oxygens (including phenoxy) is 1. The van der Waals surface area contributed by atoms with E-state index in [0.717, 1.165) is 29.5 Å². The van der Waals surface area contributed by atoms with E-state index in [1.54, 1.807) is 20.8 Å². The number of anilines is 1. The third kappa shape index (κ3) is 6.19. The molecule has 0 bridgehead atoms. The molecule has 0 aromatic carbocycles. The Bertz CT molecular complexity index is 1270. The maximum atomic E-state index is 13.3. The molecule has 3 rings (SSSR count). The largest absolute Gasteiger partial charge is 0.494 e. The zero-order chi connectivity index (χ0) is 26.3. The van der Waals surface area contributed by atoms with Crippen molar-refractivity contribution < 1.29 is 29.3 Å². The van der Waals surface area contributed by atoms with Crippen molar-refractivity contribution >= 4 is 35.5 Å². The van der Waals surface area contributed by atoms with Gasteiger partial charge in [0.2, 0.25) is 5.88 Å². The van der Waals surface area contributed by atoms with Crippen LogP contribution in [0.1, 0.15) is 70.3 Å². The fraction of sp³-hybridized carbons (Fsp3) is 0.522. The summed E-state index contributed by atoms with van der Waals surface area (Å²) in [5, 5.41) is 29.6. The van der Waals surface area contributed by atoms with Gasteiger partial charge in [0, 0.05) is 18.7 Å². The van der Waals surface area contributed by atoms with E-state index < -0.39 is 46.0 Å². The van der Waals surface area contributed by atoms with Gasteiger partial charge in [0.05, 0.1) is 5.56 Å². The molecule has 1 fully saturated rings. The van der Waals surface area contributed by atoms with Crippen LogP contribution in [-0.2, 0) is 16.1 Å². The van der Waals surface area contributed by atoms with Crippen molar-refractivity contribution in [3.05, 3.63) is 27.6 Å². The van der Waals surface area contributed by atoms with Crippen LogP contribution >= 0.6 is 0 Å². The lowest BCUT2D eigenvalue weighted by molar-refractivity contribution is -0.131. The third-order valence-electron chi connectivity index (χ3n) is 4.82. The smallest absolute Gasteiger partial charge is 0.413 e. The van der Waals surface area contributed by atoms with E-state index in [9.17, 15) is 29.4 Å². The molecule has 0 spiro atoms. The normalized spacial score (nSPS) is 14.3. The number of fused-ring (bicyclic) bond motifs is 1. The summed E-state index contributed by atoms with van der Waals surface area (Å²) in [4.78, 5) is 49.8. The predicted octanol–water partition coefficient (Wildman–Crippen LogP) is 2.58. The Morgan fingerprint density at radius 2 is 1.80 bits per heavy atom. The molecule has 1 aliphatic carbocycles. The molecule has 2 aromatic heterocycles. The van der Waals surface area contributed by atoms with Crippen LogP contribution in [0.15, 0.2) is 10.9 Å².